The molecule has 1 N–H and O–H groups in total. The molecule has 34 heavy (non-hydrogen) atoms. The van der Waals surface area contributed by atoms with E-state index in [9.17, 15) is 14.4 Å². The predicted octanol–water partition coefficient (Wildman–Crippen LogP) is 3.22. The Bertz CT molecular complexity index is 1210. The van der Waals surface area contributed by atoms with Gasteiger partial charge >= 0.3 is 0 Å². The molecule has 1 heterocycles. The van der Waals surface area contributed by atoms with Crippen LogP contribution in [0.4, 0.5) is 0 Å². The molecule has 0 radical (unpaired) electrons. The summed E-state index contributed by atoms with van der Waals surface area (Å²) in [7, 11) is 3.07. The van der Waals surface area contributed by atoms with Gasteiger partial charge in [-0.05, 0) is 34.9 Å². The molecule has 0 saturated carbocycles. The number of rotatable bonds is 8. The Balaban J connectivity index is 1.54. The van der Waals surface area contributed by atoms with E-state index in [1.165, 1.54) is 7.11 Å². The average molecular weight is 460 g/mol. The van der Waals surface area contributed by atoms with Gasteiger partial charge in [-0.1, -0.05) is 54.6 Å². The standard InChI is InChI=1S/C26H24N2O6/c1-32-21-13-12-18(14-22(21)33-2)15-27-24(29)23-19-10-6-7-11-20(19)25(30)28(26(23)31)34-16-17-8-4-3-5-9-17/h3-14,23H,15-16H2,1-2H3,(H,27,29). The van der Waals surface area contributed by atoms with Gasteiger partial charge in [-0.25, -0.2) is 0 Å². The average Bonchev–Trinajstić information content (AvgIpc) is 2.87. The number of nitrogens with one attached hydrogen (secondary N) is 1. The number of hydrogen-bond acceptors (Lipinski definition) is 6. The van der Waals surface area contributed by atoms with Crippen LogP contribution in [0.5, 0.6) is 11.5 Å². The van der Waals surface area contributed by atoms with Gasteiger partial charge in [0.1, 0.15) is 12.5 Å². The van der Waals surface area contributed by atoms with Crippen LogP contribution in [0.1, 0.15) is 33.0 Å². The molecule has 0 bridgehead atoms. The minimum atomic E-state index is -1.22. The molecule has 0 spiro atoms. The summed E-state index contributed by atoms with van der Waals surface area (Å²) in [4.78, 5) is 44.9. The van der Waals surface area contributed by atoms with Crippen LogP contribution < -0.4 is 14.8 Å². The van der Waals surface area contributed by atoms with E-state index in [0.717, 1.165) is 11.1 Å². The van der Waals surface area contributed by atoms with Gasteiger partial charge in [0.2, 0.25) is 5.91 Å². The molecule has 3 aromatic carbocycles. The summed E-state index contributed by atoms with van der Waals surface area (Å²) < 4.78 is 10.5. The Labute approximate surface area is 197 Å². The first-order valence-corrected chi connectivity index (χ1v) is 10.7. The molecule has 4 rings (SSSR count). The molecule has 1 aliphatic rings. The van der Waals surface area contributed by atoms with E-state index >= 15 is 0 Å². The zero-order chi connectivity index (χ0) is 24.1. The number of benzene rings is 3. The Morgan fingerprint density at radius 2 is 1.59 bits per heavy atom. The van der Waals surface area contributed by atoms with Crippen molar-refractivity contribution in [2.45, 2.75) is 19.1 Å². The fourth-order valence-corrected chi connectivity index (χ4v) is 3.77. The number of carbonyl (C=O) groups is 3. The van der Waals surface area contributed by atoms with Gasteiger partial charge in [-0.3, -0.25) is 19.2 Å². The SMILES string of the molecule is COc1ccc(CNC(=O)C2C(=O)N(OCc3ccccc3)C(=O)c3ccccc32)cc1OC. The first kappa shape index (κ1) is 23.0. The maximum atomic E-state index is 13.2. The van der Waals surface area contributed by atoms with Crippen LogP contribution in [0.25, 0.3) is 0 Å². The lowest BCUT2D eigenvalue weighted by molar-refractivity contribution is -0.177. The van der Waals surface area contributed by atoms with E-state index in [1.807, 2.05) is 30.3 Å². The second-order valence-electron chi connectivity index (χ2n) is 7.62. The summed E-state index contributed by atoms with van der Waals surface area (Å²) in [5.74, 6) is -1.99. The molecule has 1 atom stereocenters. The lowest BCUT2D eigenvalue weighted by Gasteiger charge is -2.30. The van der Waals surface area contributed by atoms with Crippen molar-refractivity contribution in [1.82, 2.24) is 10.4 Å². The first-order chi connectivity index (χ1) is 16.5. The van der Waals surface area contributed by atoms with Gasteiger partial charge < -0.3 is 14.8 Å². The molecular formula is C26H24N2O6. The lowest BCUT2D eigenvalue weighted by atomic mass is 9.88. The van der Waals surface area contributed by atoms with Crippen LogP contribution in [0, 0.1) is 0 Å². The number of nitrogens with zero attached hydrogens (tertiary/aromatic N) is 1. The van der Waals surface area contributed by atoms with Crippen LogP contribution >= 0.6 is 0 Å². The summed E-state index contributed by atoms with van der Waals surface area (Å²) in [5.41, 5.74) is 2.15. The molecule has 0 fully saturated rings. The second kappa shape index (κ2) is 10.2. The number of ether oxygens (including phenoxy) is 2. The molecule has 0 aromatic heterocycles. The molecular weight excluding hydrogens is 436 g/mol. The molecule has 1 aliphatic heterocycles. The zero-order valence-corrected chi connectivity index (χ0v) is 18.8. The van der Waals surface area contributed by atoms with E-state index in [0.29, 0.717) is 22.1 Å². The normalized spacial score (nSPS) is 15.0. The summed E-state index contributed by atoms with van der Waals surface area (Å²) >= 11 is 0. The number of fused-ring (bicyclic) bond motifs is 1. The molecule has 8 nitrogen and oxygen atoms in total. The van der Waals surface area contributed by atoms with Crippen LogP contribution in [0.3, 0.4) is 0 Å². The van der Waals surface area contributed by atoms with Crippen LogP contribution in [0.2, 0.25) is 0 Å². The van der Waals surface area contributed by atoms with Crippen LogP contribution in [-0.2, 0) is 27.6 Å². The van der Waals surface area contributed by atoms with Crippen molar-refractivity contribution in [2.75, 3.05) is 14.2 Å². The van der Waals surface area contributed by atoms with Crippen molar-refractivity contribution in [3.05, 3.63) is 95.1 Å². The van der Waals surface area contributed by atoms with E-state index in [4.69, 9.17) is 14.3 Å². The fourth-order valence-electron chi connectivity index (χ4n) is 3.77. The zero-order valence-electron chi connectivity index (χ0n) is 18.8. The molecule has 0 saturated heterocycles. The van der Waals surface area contributed by atoms with E-state index in [-0.39, 0.29) is 18.7 Å². The number of carbonyl (C=O) groups excluding carboxylic acids is 3. The highest BCUT2D eigenvalue weighted by Gasteiger charge is 2.43. The van der Waals surface area contributed by atoms with Gasteiger partial charge in [0, 0.05) is 12.1 Å². The van der Waals surface area contributed by atoms with E-state index in [2.05, 4.69) is 5.32 Å². The topological polar surface area (TPSA) is 94.2 Å². The molecule has 3 amide bonds. The Kier molecular flexibility index (Phi) is 6.89. The first-order valence-electron chi connectivity index (χ1n) is 10.7. The molecule has 174 valence electrons. The summed E-state index contributed by atoms with van der Waals surface area (Å²) in [6.07, 6.45) is 0. The molecule has 1 unspecified atom stereocenters. The number of amides is 3. The van der Waals surface area contributed by atoms with Gasteiger partial charge in [0.05, 0.1) is 14.2 Å². The number of hydrogen-bond donors (Lipinski definition) is 1. The summed E-state index contributed by atoms with van der Waals surface area (Å²) in [5, 5.41) is 3.48. The van der Waals surface area contributed by atoms with E-state index in [1.54, 1.807) is 49.6 Å². The van der Waals surface area contributed by atoms with E-state index < -0.39 is 23.6 Å². The van der Waals surface area contributed by atoms with Gasteiger partial charge in [0.15, 0.2) is 11.5 Å². The summed E-state index contributed by atoms with van der Waals surface area (Å²) in [6.45, 7) is 0.171. The van der Waals surface area contributed by atoms with Gasteiger partial charge in [0.25, 0.3) is 11.8 Å². The van der Waals surface area contributed by atoms with Gasteiger partial charge in [-0.2, -0.15) is 0 Å². The third-order valence-corrected chi connectivity index (χ3v) is 5.51. The maximum absolute atomic E-state index is 13.2. The molecule has 8 heteroatoms. The number of imide groups is 1. The second-order valence-corrected chi connectivity index (χ2v) is 7.62. The van der Waals surface area contributed by atoms with Crippen molar-refractivity contribution < 1.29 is 28.7 Å². The quantitative estimate of drug-likeness (QED) is 0.410. The Morgan fingerprint density at radius 3 is 2.32 bits per heavy atom. The predicted molar refractivity (Wildman–Crippen MR) is 123 cm³/mol. The third-order valence-electron chi connectivity index (χ3n) is 5.51. The van der Waals surface area contributed by atoms with Gasteiger partial charge in [-0.15, -0.1) is 5.06 Å². The molecule has 0 aliphatic carbocycles. The van der Waals surface area contributed by atoms with Crippen LogP contribution in [-0.4, -0.2) is 37.0 Å². The van der Waals surface area contributed by atoms with Crippen molar-refractivity contribution in [3.63, 3.8) is 0 Å². The highest BCUT2D eigenvalue weighted by molar-refractivity contribution is 6.18. The van der Waals surface area contributed by atoms with Crippen molar-refractivity contribution in [3.8, 4) is 11.5 Å². The Morgan fingerprint density at radius 1 is 0.882 bits per heavy atom. The highest BCUT2D eigenvalue weighted by atomic mass is 16.7. The van der Waals surface area contributed by atoms with Crippen molar-refractivity contribution in [1.29, 1.82) is 0 Å². The third kappa shape index (κ3) is 4.62. The Hall–Kier alpha value is -4.17. The smallest absolute Gasteiger partial charge is 0.285 e. The van der Waals surface area contributed by atoms with Crippen LogP contribution in [0.15, 0.2) is 72.8 Å². The maximum Gasteiger partial charge on any atom is 0.285 e. The largest absolute Gasteiger partial charge is 0.493 e. The summed E-state index contributed by atoms with van der Waals surface area (Å²) in [6, 6.07) is 21.0. The van der Waals surface area contributed by atoms with Crippen molar-refractivity contribution >= 4 is 17.7 Å². The van der Waals surface area contributed by atoms with Crippen molar-refractivity contribution in [2.24, 2.45) is 0 Å². The minimum absolute atomic E-state index is 0.0144. The fraction of sp³-hybridized carbons (Fsp3) is 0.192. The minimum Gasteiger partial charge on any atom is -0.493 e. The highest BCUT2D eigenvalue weighted by Crippen LogP contribution is 2.31. The monoisotopic (exact) mass is 460 g/mol. The molecule has 3 aromatic rings. The number of methoxy groups -OCH3 is 2. The number of hydroxylamine groups is 2. The lowest BCUT2D eigenvalue weighted by Crippen LogP contribution is -2.49.